The van der Waals surface area contributed by atoms with Gasteiger partial charge in [-0.3, -0.25) is 10.8 Å². The molecule has 0 aliphatic heterocycles. The average Bonchev–Trinajstić information content (AvgIpc) is 2.56. The highest BCUT2D eigenvalue weighted by Crippen LogP contribution is 2.31. The van der Waals surface area contributed by atoms with Crippen molar-refractivity contribution >= 4 is 10.8 Å². The van der Waals surface area contributed by atoms with Crippen molar-refractivity contribution in [1.82, 2.24) is 15.4 Å². The van der Waals surface area contributed by atoms with Crippen LogP contribution in [0.15, 0.2) is 55.0 Å². The van der Waals surface area contributed by atoms with Crippen LogP contribution < -0.4 is 16.0 Å². The fourth-order valence-corrected chi connectivity index (χ4v) is 2.51. The number of fused-ring (bicyclic) bond motifs is 1. The number of hydrazine groups is 1. The van der Waals surface area contributed by atoms with E-state index >= 15 is 0 Å². The van der Waals surface area contributed by atoms with E-state index in [0.717, 1.165) is 21.9 Å². The number of benzene rings is 1. The molecule has 3 N–H and O–H groups in total. The number of nitrogens with two attached hydrogens (primary N) is 1. The molecule has 3 aromatic rings. The molecule has 0 bridgehead atoms. The van der Waals surface area contributed by atoms with Gasteiger partial charge in [0.15, 0.2) is 0 Å². The molecule has 0 radical (unpaired) electrons. The Bertz CT molecular complexity index is 755. The molecule has 1 atom stereocenters. The molecule has 3 rings (SSSR count). The number of rotatable bonds is 4. The van der Waals surface area contributed by atoms with Gasteiger partial charge in [-0.15, -0.1) is 0 Å². The smallest absolute Gasteiger partial charge is 0.218 e. The van der Waals surface area contributed by atoms with Gasteiger partial charge < -0.3 is 4.74 Å². The molecule has 2 aromatic heterocycles. The van der Waals surface area contributed by atoms with E-state index in [-0.39, 0.29) is 6.04 Å². The van der Waals surface area contributed by atoms with E-state index < -0.39 is 0 Å². The number of nitrogens with zero attached hydrogens (tertiary/aromatic N) is 2. The molecule has 5 heteroatoms. The number of methoxy groups -OCH3 is 1. The Kier molecular flexibility index (Phi) is 3.77. The van der Waals surface area contributed by atoms with Gasteiger partial charge in [-0.1, -0.05) is 30.3 Å². The van der Waals surface area contributed by atoms with E-state index in [0.29, 0.717) is 5.88 Å². The van der Waals surface area contributed by atoms with E-state index in [1.165, 1.54) is 0 Å². The second kappa shape index (κ2) is 5.87. The quantitative estimate of drug-likeness (QED) is 0.566. The third-order valence-corrected chi connectivity index (χ3v) is 3.48. The number of ether oxygens (including phenoxy) is 1. The largest absolute Gasteiger partial charge is 0.481 e. The highest BCUT2D eigenvalue weighted by atomic mass is 16.5. The van der Waals surface area contributed by atoms with Crippen LogP contribution in [0.2, 0.25) is 0 Å². The Morgan fingerprint density at radius 2 is 1.95 bits per heavy atom. The summed E-state index contributed by atoms with van der Waals surface area (Å²) >= 11 is 0. The van der Waals surface area contributed by atoms with Crippen LogP contribution in [0.1, 0.15) is 17.2 Å². The third-order valence-electron chi connectivity index (χ3n) is 3.48. The number of pyridine rings is 2. The molecule has 0 spiro atoms. The summed E-state index contributed by atoms with van der Waals surface area (Å²) in [4.78, 5) is 8.54. The van der Waals surface area contributed by atoms with E-state index in [2.05, 4.69) is 21.5 Å². The Hall–Kier alpha value is -2.50. The van der Waals surface area contributed by atoms with Crippen molar-refractivity contribution in [3.63, 3.8) is 0 Å². The summed E-state index contributed by atoms with van der Waals surface area (Å²) in [7, 11) is 1.60. The summed E-state index contributed by atoms with van der Waals surface area (Å²) in [5, 5.41) is 2.17. The van der Waals surface area contributed by atoms with E-state index in [1.807, 2.05) is 42.7 Å². The normalized spacial score (nSPS) is 12.3. The van der Waals surface area contributed by atoms with Crippen LogP contribution in [-0.4, -0.2) is 17.1 Å². The molecule has 0 aliphatic rings. The topological polar surface area (TPSA) is 73.1 Å². The first-order valence-electron chi connectivity index (χ1n) is 6.63. The van der Waals surface area contributed by atoms with E-state index in [4.69, 9.17) is 10.6 Å². The molecule has 1 unspecified atom stereocenters. The van der Waals surface area contributed by atoms with Crippen LogP contribution in [0, 0.1) is 0 Å². The molecule has 0 saturated carbocycles. The van der Waals surface area contributed by atoms with Crippen LogP contribution in [0.25, 0.3) is 10.8 Å². The molecule has 0 aliphatic carbocycles. The molecule has 1 aromatic carbocycles. The maximum absolute atomic E-state index is 5.79. The number of aromatic nitrogens is 2. The van der Waals surface area contributed by atoms with Gasteiger partial charge in [0.2, 0.25) is 5.88 Å². The van der Waals surface area contributed by atoms with E-state index in [9.17, 15) is 0 Å². The monoisotopic (exact) mass is 280 g/mol. The SMILES string of the molecule is COc1ncccc1C(NN)c1cncc2ccccc12. The first kappa shape index (κ1) is 13.5. The molecular weight excluding hydrogens is 264 g/mol. The minimum Gasteiger partial charge on any atom is -0.481 e. The molecule has 2 heterocycles. The predicted molar refractivity (Wildman–Crippen MR) is 81.7 cm³/mol. The number of hydrogen-bond acceptors (Lipinski definition) is 5. The zero-order valence-corrected chi connectivity index (χ0v) is 11.7. The van der Waals surface area contributed by atoms with Crippen molar-refractivity contribution in [2.24, 2.45) is 5.84 Å². The summed E-state index contributed by atoms with van der Waals surface area (Å²) in [6.07, 6.45) is 5.35. The van der Waals surface area contributed by atoms with Crippen LogP contribution in [0.5, 0.6) is 5.88 Å². The predicted octanol–water partition coefficient (Wildman–Crippen LogP) is 2.19. The molecule has 106 valence electrons. The Labute approximate surface area is 122 Å². The van der Waals surface area contributed by atoms with Crippen LogP contribution in [0.3, 0.4) is 0 Å². The molecule has 0 fully saturated rings. The molecular formula is C16H16N4O. The standard InChI is InChI=1S/C16H16N4O/c1-21-16-13(7-4-8-19-16)15(20-17)14-10-18-9-11-5-2-3-6-12(11)14/h2-10,15,20H,17H2,1H3. The van der Waals surface area contributed by atoms with E-state index in [1.54, 1.807) is 13.3 Å². The van der Waals surface area contributed by atoms with Crippen molar-refractivity contribution in [2.45, 2.75) is 6.04 Å². The molecule has 0 saturated heterocycles. The second-order valence-electron chi connectivity index (χ2n) is 4.65. The molecule has 0 amide bonds. The minimum absolute atomic E-state index is 0.243. The van der Waals surface area contributed by atoms with Crippen molar-refractivity contribution < 1.29 is 4.74 Å². The maximum atomic E-state index is 5.79. The fraction of sp³-hybridized carbons (Fsp3) is 0.125. The zero-order valence-electron chi connectivity index (χ0n) is 11.7. The third kappa shape index (κ3) is 2.44. The van der Waals surface area contributed by atoms with Gasteiger partial charge in [0.1, 0.15) is 0 Å². The van der Waals surface area contributed by atoms with Crippen molar-refractivity contribution in [2.75, 3.05) is 7.11 Å². The van der Waals surface area contributed by atoms with Gasteiger partial charge in [-0.2, -0.15) is 0 Å². The van der Waals surface area contributed by atoms with Gasteiger partial charge in [-0.25, -0.2) is 10.4 Å². The first-order chi connectivity index (χ1) is 10.3. The Morgan fingerprint density at radius 1 is 1.10 bits per heavy atom. The Morgan fingerprint density at radius 3 is 2.76 bits per heavy atom. The van der Waals surface area contributed by atoms with Gasteiger partial charge >= 0.3 is 0 Å². The average molecular weight is 280 g/mol. The highest BCUT2D eigenvalue weighted by molar-refractivity contribution is 5.85. The summed E-state index contributed by atoms with van der Waals surface area (Å²) < 4.78 is 5.33. The number of nitrogens with one attached hydrogen (secondary N) is 1. The van der Waals surface area contributed by atoms with Gasteiger partial charge in [0, 0.05) is 35.1 Å². The van der Waals surface area contributed by atoms with Gasteiger partial charge in [0.05, 0.1) is 13.2 Å². The lowest BCUT2D eigenvalue weighted by Crippen LogP contribution is -2.29. The van der Waals surface area contributed by atoms with Crippen LogP contribution in [-0.2, 0) is 0 Å². The van der Waals surface area contributed by atoms with Crippen LogP contribution in [0.4, 0.5) is 0 Å². The second-order valence-corrected chi connectivity index (χ2v) is 4.65. The molecule has 21 heavy (non-hydrogen) atoms. The van der Waals surface area contributed by atoms with Crippen molar-refractivity contribution in [3.05, 3.63) is 66.1 Å². The maximum Gasteiger partial charge on any atom is 0.218 e. The lowest BCUT2D eigenvalue weighted by molar-refractivity contribution is 0.387. The van der Waals surface area contributed by atoms with Gasteiger partial charge in [-0.05, 0) is 11.5 Å². The van der Waals surface area contributed by atoms with Crippen LogP contribution >= 0.6 is 0 Å². The summed E-state index contributed by atoms with van der Waals surface area (Å²) in [5.74, 6) is 6.34. The van der Waals surface area contributed by atoms with Crippen molar-refractivity contribution in [1.29, 1.82) is 0 Å². The zero-order chi connectivity index (χ0) is 14.7. The fourth-order valence-electron chi connectivity index (χ4n) is 2.51. The first-order valence-corrected chi connectivity index (χ1v) is 6.63. The lowest BCUT2D eigenvalue weighted by Gasteiger charge is -2.19. The number of hydrogen-bond donors (Lipinski definition) is 2. The summed E-state index contributed by atoms with van der Waals surface area (Å²) in [5.41, 5.74) is 4.70. The summed E-state index contributed by atoms with van der Waals surface area (Å²) in [6.45, 7) is 0. The lowest BCUT2D eigenvalue weighted by atomic mass is 9.97. The van der Waals surface area contributed by atoms with Crippen molar-refractivity contribution in [3.8, 4) is 5.88 Å². The minimum atomic E-state index is -0.243. The highest BCUT2D eigenvalue weighted by Gasteiger charge is 2.19. The molecule has 5 nitrogen and oxygen atoms in total. The summed E-state index contributed by atoms with van der Waals surface area (Å²) in [6, 6.07) is 11.6. The Balaban J connectivity index is 2.19. The van der Waals surface area contributed by atoms with Gasteiger partial charge in [0.25, 0.3) is 0 Å².